The lowest BCUT2D eigenvalue weighted by Crippen LogP contribution is -2.49. The van der Waals surface area contributed by atoms with E-state index in [0.29, 0.717) is 32.2 Å². The molecule has 8 N–H and O–H groups in total. The molecule has 11 heteroatoms. The first-order chi connectivity index (χ1) is 19.0. The van der Waals surface area contributed by atoms with E-state index < -0.39 is 29.9 Å². The molecule has 40 heavy (non-hydrogen) atoms. The standard InChI is InChI=1S/C24H38N4O5.C5H14N2/c1-3-17(2)22(24(32)33)28-21(30)13-15-26-23(31)19(16-18-10-6-4-7-11-18)27-20(29)12-8-5-9-14-25;1-3-4-5-7(2)6/h4,6-7,10-11,17,19,22H,3,5,8-9,12-16,25H2,1-2H3,(H,26,31)(H,27,29)(H,28,30)(H,32,33);3-6H2,1-2H3/t17-,19-,22-;/m0./s1. The van der Waals surface area contributed by atoms with E-state index in [0.717, 1.165) is 24.9 Å². The number of carbonyl (C=O) groups is 4. The predicted molar refractivity (Wildman–Crippen MR) is 158 cm³/mol. The van der Waals surface area contributed by atoms with Gasteiger partial charge in [-0.2, -0.15) is 0 Å². The van der Waals surface area contributed by atoms with Crippen LogP contribution in [0.3, 0.4) is 0 Å². The first-order valence-corrected chi connectivity index (χ1v) is 14.3. The molecular weight excluding hydrogens is 512 g/mol. The molecule has 0 aliphatic heterocycles. The van der Waals surface area contributed by atoms with Crippen LogP contribution in [-0.2, 0) is 25.6 Å². The third-order valence-electron chi connectivity index (χ3n) is 6.35. The van der Waals surface area contributed by atoms with E-state index >= 15 is 0 Å². The molecule has 228 valence electrons. The van der Waals surface area contributed by atoms with E-state index in [2.05, 4.69) is 22.9 Å². The minimum Gasteiger partial charge on any atom is -0.480 e. The SMILES string of the molecule is CCCCN(C)N.CC[C@H](C)[C@H](NC(=O)CCNC(=O)[C@H](Cc1ccccc1)NC(=O)CCCCCN)C(=O)O. The van der Waals surface area contributed by atoms with Gasteiger partial charge in [0.1, 0.15) is 12.1 Å². The lowest BCUT2D eigenvalue weighted by molar-refractivity contribution is -0.143. The lowest BCUT2D eigenvalue weighted by atomic mass is 9.99. The molecule has 0 aliphatic carbocycles. The van der Waals surface area contributed by atoms with Crippen LogP contribution in [0.4, 0.5) is 0 Å². The number of rotatable bonds is 19. The zero-order chi connectivity index (χ0) is 30.3. The topological polar surface area (TPSA) is 180 Å². The summed E-state index contributed by atoms with van der Waals surface area (Å²) in [6.07, 6.45) is 6.01. The van der Waals surface area contributed by atoms with Crippen LogP contribution < -0.4 is 27.5 Å². The summed E-state index contributed by atoms with van der Waals surface area (Å²) in [7, 11) is 1.88. The molecular formula is C29H52N6O5. The number of hydrogen-bond donors (Lipinski definition) is 6. The van der Waals surface area contributed by atoms with Crippen LogP contribution in [0.15, 0.2) is 30.3 Å². The molecule has 11 nitrogen and oxygen atoms in total. The fourth-order valence-corrected chi connectivity index (χ4v) is 3.69. The molecule has 1 aromatic carbocycles. The summed E-state index contributed by atoms with van der Waals surface area (Å²) in [5.74, 6) is 2.96. The van der Waals surface area contributed by atoms with Crippen LogP contribution in [0.5, 0.6) is 0 Å². The lowest BCUT2D eigenvalue weighted by Gasteiger charge is -2.21. The summed E-state index contributed by atoms with van der Waals surface area (Å²) in [5, 5.41) is 19.0. The van der Waals surface area contributed by atoms with Crippen LogP contribution in [0.25, 0.3) is 0 Å². The zero-order valence-electron chi connectivity index (χ0n) is 24.8. The van der Waals surface area contributed by atoms with Gasteiger partial charge in [-0.1, -0.05) is 70.4 Å². The summed E-state index contributed by atoms with van der Waals surface area (Å²) < 4.78 is 0. The van der Waals surface area contributed by atoms with Crippen LogP contribution in [0.1, 0.15) is 77.7 Å². The fraction of sp³-hybridized carbons (Fsp3) is 0.655. The Hall–Kier alpha value is -3.02. The van der Waals surface area contributed by atoms with Crippen molar-refractivity contribution in [2.24, 2.45) is 17.5 Å². The van der Waals surface area contributed by atoms with Gasteiger partial charge >= 0.3 is 5.97 Å². The second-order valence-corrected chi connectivity index (χ2v) is 10.1. The van der Waals surface area contributed by atoms with Crippen molar-refractivity contribution in [2.75, 3.05) is 26.7 Å². The van der Waals surface area contributed by atoms with E-state index in [1.807, 2.05) is 44.3 Å². The predicted octanol–water partition coefficient (Wildman–Crippen LogP) is 1.95. The average Bonchev–Trinajstić information content (AvgIpc) is 2.92. The molecule has 0 bridgehead atoms. The van der Waals surface area contributed by atoms with Gasteiger partial charge in [-0.3, -0.25) is 25.2 Å². The van der Waals surface area contributed by atoms with Crippen LogP contribution in [0.2, 0.25) is 0 Å². The number of carboxylic acid groups (broad SMARTS) is 1. The number of unbranched alkanes of at least 4 members (excludes halogenated alkanes) is 3. The van der Waals surface area contributed by atoms with Crippen molar-refractivity contribution in [3.8, 4) is 0 Å². The van der Waals surface area contributed by atoms with E-state index in [1.54, 1.807) is 11.9 Å². The van der Waals surface area contributed by atoms with Gasteiger partial charge in [-0.15, -0.1) is 0 Å². The number of hydrogen-bond acceptors (Lipinski definition) is 7. The highest BCUT2D eigenvalue weighted by Crippen LogP contribution is 2.08. The first kappa shape index (κ1) is 37.0. The van der Waals surface area contributed by atoms with Gasteiger partial charge < -0.3 is 26.8 Å². The quantitative estimate of drug-likeness (QED) is 0.0838. The Balaban J connectivity index is 0.00000191. The van der Waals surface area contributed by atoms with Crippen molar-refractivity contribution in [2.45, 2.75) is 90.6 Å². The Morgan fingerprint density at radius 3 is 2.12 bits per heavy atom. The van der Waals surface area contributed by atoms with Crippen LogP contribution >= 0.6 is 0 Å². The molecule has 0 unspecified atom stereocenters. The number of benzene rings is 1. The summed E-state index contributed by atoms with van der Waals surface area (Å²) in [4.78, 5) is 48.6. The van der Waals surface area contributed by atoms with Crippen molar-refractivity contribution >= 4 is 23.7 Å². The van der Waals surface area contributed by atoms with Gasteiger partial charge in [-0.05, 0) is 37.3 Å². The minimum atomic E-state index is -1.08. The summed E-state index contributed by atoms with van der Waals surface area (Å²) in [5.41, 5.74) is 6.37. The molecule has 3 atom stereocenters. The Kier molecular flexibility index (Phi) is 21.0. The summed E-state index contributed by atoms with van der Waals surface area (Å²) >= 11 is 0. The van der Waals surface area contributed by atoms with Crippen LogP contribution in [-0.4, -0.2) is 72.6 Å². The van der Waals surface area contributed by atoms with Gasteiger partial charge in [0.15, 0.2) is 0 Å². The minimum absolute atomic E-state index is 0.0369. The monoisotopic (exact) mass is 564 g/mol. The summed E-state index contributed by atoms with van der Waals surface area (Å²) in [6.45, 7) is 7.40. The molecule has 0 fully saturated rings. The van der Waals surface area contributed by atoms with Crippen LogP contribution in [0, 0.1) is 5.92 Å². The van der Waals surface area contributed by atoms with Crippen molar-refractivity contribution in [1.29, 1.82) is 0 Å². The molecule has 0 saturated carbocycles. The smallest absolute Gasteiger partial charge is 0.326 e. The molecule has 0 spiro atoms. The largest absolute Gasteiger partial charge is 0.480 e. The molecule has 3 amide bonds. The zero-order valence-corrected chi connectivity index (χ0v) is 24.8. The molecule has 0 aliphatic rings. The van der Waals surface area contributed by atoms with E-state index in [9.17, 15) is 24.3 Å². The van der Waals surface area contributed by atoms with Gasteiger partial charge in [0.2, 0.25) is 17.7 Å². The van der Waals surface area contributed by atoms with E-state index in [1.165, 1.54) is 12.8 Å². The Morgan fingerprint density at radius 2 is 1.60 bits per heavy atom. The van der Waals surface area contributed by atoms with E-state index in [4.69, 9.17) is 11.6 Å². The number of nitrogens with two attached hydrogens (primary N) is 2. The number of aliphatic carboxylic acids is 1. The number of nitrogens with zero attached hydrogens (tertiary/aromatic N) is 1. The normalized spacial score (nSPS) is 12.9. The fourth-order valence-electron chi connectivity index (χ4n) is 3.69. The maximum absolute atomic E-state index is 12.8. The second kappa shape index (κ2) is 22.8. The van der Waals surface area contributed by atoms with Crippen molar-refractivity contribution < 1.29 is 24.3 Å². The maximum atomic E-state index is 12.8. The van der Waals surface area contributed by atoms with Gasteiger partial charge in [0.05, 0.1) is 0 Å². The highest BCUT2D eigenvalue weighted by molar-refractivity contribution is 5.88. The molecule has 0 saturated heterocycles. The Labute approximate surface area is 239 Å². The first-order valence-electron chi connectivity index (χ1n) is 14.3. The highest BCUT2D eigenvalue weighted by atomic mass is 16.4. The molecule has 0 heterocycles. The molecule has 0 aromatic heterocycles. The number of carboxylic acids is 1. The number of nitrogens with one attached hydrogen (secondary N) is 3. The Morgan fingerprint density at radius 1 is 0.950 bits per heavy atom. The third-order valence-corrected chi connectivity index (χ3v) is 6.35. The number of hydrazine groups is 1. The van der Waals surface area contributed by atoms with Gasteiger partial charge in [-0.25, -0.2) is 4.79 Å². The number of carbonyl (C=O) groups excluding carboxylic acids is 3. The number of amides is 3. The van der Waals surface area contributed by atoms with Gasteiger partial charge in [0, 0.05) is 39.4 Å². The molecule has 0 radical (unpaired) electrons. The molecule has 1 rings (SSSR count). The highest BCUT2D eigenvalue weighted by Gasteiger charge is 2.25. The van der Waals surface area contributed by atoms with Crippen molar-refractivity contribution in [3.63, 3.8) is 0 Å². The second-order valence-electron chi connectivity index (χ2n) is 10.1. The maximum Gasteiger partial charge on any atom is 0.326 e. The van der Waals surface area contributed by atoms with Crippen molar-refractivity contribution in [1.82, 2.24) is 21.0 Å². The van der Waals surface area contributed by atoms with Gasteiger partial charge in [0.25, 0.3) is 0 Å². The Bertz CT molecular complexity index is 853. The van der Waals surface area contributed by atoms with Crippen molar-refractivity contribution in [3.05, 3.63) is 35.9 Å². The van der Waals surface area contributed by atoms with E-state index in [-0.39, 0.29) is 24.8 Å². The average molecular weight is 565 g/mol. The summed E-state index contributed by atoms with van der Waals surface area (Å²) in [6, 6.07) is 7.60. The molecule has 1 aromatic rings. The third kappa shape index (κ3) is 18.3.